The summed E-state index contributed by atoms with van der Waals surface area (Å²) >= 11 is 1.90. The van der Waals surface area contributed by atoms with Gasteiger partial charge < -0.3 is 24.7 Å². The van der Waals surface area contributed by atoms with Gasteiger partial charge in [-0.15, -0.1) is 11.8 Å². The molecular formula is C22H26N6O10S2. The van der Waals surface area contributed by atoms with Crippen molar-refractivity contribution < 1.29 is 48.2 Å². The maximum Gasteiger partial charge on any atom is 0.414 e. The van der Waals surface area contributed by atoms with Crippen LogP contribution in [0.15, 0.2) is 16.4 Å². The molecule has 2 aliphatic rings. The van der Waals surface area contributed by atoms with Gasteiger partial charge in [0, 0.05) is 22.9 Å². The lowest BCUT2D eigenvalue weighted by Gasteiger charge is -2.49. The first-order valence-corrected chi connectivity index (χ1v) is 13.3. The molecule has 0 aliphatic carbocycles. The molecule has 3 rings (SSSR count). The number of carboxylic acids is 1. The summed E-state index contributed by atoms with van der Waals surface area (Å²) in [6, 6.07) is -1.12. The Bertz CT molecular complexity index is 1300. The van der Waals surface area contributed by atoms with Crippen LogP contribution in [0.3, 0.4) is 0 Å². The number of thioether (sulfide) groups is 1. The lowest BCUT2D eigenvalue weighted by Crippen LogP contribution is -2.71. The molecule has 2 atom stereocenters. The summed E-state index contributed by atoms with van der Waals surface area (Å²) in [5, 5.41) is 17.5. The van der Waals surface area contributed by atoms with Crippen molar-refractivity contribution in [3.63, 3.8) is 0 Å². The number of Topliss-reactive ketones (excluding diaryl/α,β-unsaturated/α-hetero) is 1. The van der Waals surface area contributed by atoms with Crippen LogP contribution in [-0.2, 0) is 38.3 Å². The quantitative estimate of drug-likeness (QED) is 0.110. The Kier molecular flexibility index (Phi) is 9.46. The molecule has 3 amide bonds. The fourth-order valence-corrected chi connectivity index (χ4v) is 5.35. The number of β-lactam (4-membered cyclic amide) rings is 1. The van der Waals surface area contributed by atoms with E-state index in [-0.39, 0.29) is 28.0 Å². The summed E-state index contributed by atoms with van der Waals surface area (Å²) in [4.78, 5) is 82.4. The molecule has 1 aromatic rings. The van der Waals surface area contributed by atoms with Gasteiger partial charge in [-0.3, -0.25) is 29.4 Å². The molecule has 18 heteroatoms. The molecular weight excluding hydrogens is 572 g/mol. The molecule has 1 fully saturated rings. The van der Waals surface area contributed by atoms with Crippen molar-refractivity contribution in [2.75, 3.05) is 24.8 Å². The highest BCUT2D eigenvalue weighted by atomic mass is 32.2. The molecule has 3 N–H and O–H groups in total. The molecule has 3 heterocycles. The molecule has 216 valence electrons. The second-order valence-electron chi connectivity index (χ2n) is 9.33. The number of ketones is 1. The smallest absolute Gasteiger partial charge is 0.414 e. The predicted octanol–water partition coefficient (Wildman–Crippen LogP) is 0.496. The first kappa shape index (κ1) is 30.5. The number of hydrogen-bond acceptors (Lipinski definition) is 14. The Labute approximate surface area is 235 Å². The van der Waals surface area contributed by atoms with Gasteiger partial charge in [0.1, 0.15) is 48.6 Å². The number of fused-ring (bicyclic) bond motifs is 1. The largest absolute Gasteiger partial charge is 0.477 e. The van der Waals surface area contributed by atoms with Crippen LogP contribution >= 0.6 is 23.3 Å². The van der Waals surface area contributed by atoms with E-state index in [1.54, 1.807) is 20.8 Å². The number of rotatable bonds is 10. The van der Waals surface area contributed by atoms with E-state index in [1.807, 2.05) is 0 Å². The number of nitrogens with one attached hydrogen (secondary N) is 2. The Morgan fingerprint density at radius 1 is 1.23 bits per heavy atom. The fraction of sp³-hybridized carbons (Fsp3) is 0.500. The van der Waals surface area contributed by atoms with E-state index in [1.165, 1.54) is 14.0 Å². The van der Waals surface area contributed by atoms with Gasteiger partial charge in [0.15, 0.2) is 0 Å². The number of aliphatic carboxylic acids is 1. The topological polar surface area (TPSA) is 216 Å². The van der Waals surface area contributed by atoms with Gasteiger partial charge in [-0.1, -0.05) is 5.16 Å². The monoisotopic (exact) mass is 598 g/mol. The van der Waals surface area contributed by atoms with Gasteiger partial charge in [0.25, 0.3) is 11.8 Å². The minimum Gasteiger partial charge on any atom is -0.477 e. The summed E-state index contributed by atoms with van der Waals surface area (Å²) in [5.41, 5.74) is -1.34. The van der Waals surface area contributed by atoms with E-state index >= 15 is 0 Å². The van der Waals surface area contributed by atoms with Crippen LogP contribution < -0.4 is 10.6 Å². The van der Waals surface area contributed by atoms with Gasteiger partial charge in [-0.25, -0.2) is 9.59 Å². The number of carbonyl (C=O) groups excluding carboxylic acids is 5. The number of carbonyl (C=O) groups is 6. The van der Waals surface area contributed by atoms with Crippen molar-refractivity contribution in [1.82, 2.24) is 19.6 Å². The number of carboxylic acid groups (broad SMARTS) is 1. The third-order valence-electron chi connectivity index (χ3n) is 4.98. The van der Waals surface area contributed by atoms with Crippen molar-refractivity contribution in [1.29, 1.82) is 0 Å². The molecule has 0 spiro atoms. The highest BCUT2D eigenvalue weighted by molar-refractivity contribution is 8.00. The maximum atomic E-state index is 13.0. The molecule has 0 saturated carbocycles. The van der Waals surface area contributed by atoms with Gasteiger partial charge >= 0.3 is 18.0 Å². The van der Waals surface area contributed by atoms with Crippen molar-refractivity contribution in [2.45, 2.75) is 51.1 Å². The van der Waals surface area contributed by atoms with Crippen LogP contribution in [0.4, 0.5) is 9.93 Å². The zero-order chi connectivity index (χ0) is 29.8. The van der Waals surface area contributed by atoms with Gasteiger partial charge in [-0.2, -0.15) is 9.36 Å². The van der Waals surface area contributed by atoms with Crippen LogP contribution in [-0.4, -0.2) is 97.2 Å². The number of anilines is 1. The van der Waals surface area contributed by atoms with Crippen LogP contribution in [0.1, 0.15) is 39.9 Å². The van der Waals surface area contributed by atoms with E-state index in [2.05, 4.69) is 25.1 Å². The average Bonchev–Trinajstić information content (AvgIpc) is 3.29. The highest BCUT2D eigenvalue weighted by Gasteiger charge is 2.54. The number of nitrogens with zero attached hydrogens (tertiary/aromatic N) is 4. The summed E-state index contributed by atoms with van der Waals surface area (Å²) < 4.78 is 14.1. The minimum absolute atomic E-state index is 0.0161. The number of amides is 3. The van der Waals surface area contributed by atoms with Crippen molar-refractivity contribution in [3.05, 3.63) is 17.1 Å². The summed E-state index contributed by atoms with van der Waals surface area (Å²) in [7, 11) is 1.18. The molecule has 0 bridgehead atoms. The Balaban J connectivity index is 1.70. The number of aromatic nitrogens is 2. The van der Waals surface area contributed by atoms with Gasteiger partial charge in [0.05, 0.1) is 0 Å². The van der Waals surface area contributed by atoms with Crippen LogP contribution in [0.2, 0.25) is 0 Å². The van der Waals surface area contributed by atoms with Crippen molar-refractivity contribution >= 4 is 69.8 Å². The van der Waals surface area contributed by atoms with Crippen LogP contribution in [0, 0.1) is 0 Å². The molecule has 0 aromatic carbocycles. The van der Waals surface area contributed by atoms with Gasteiger partial charge in [0.2, 0.25) is 16.7 Å². The lowest BCUT2D eigenvalue weighted by atomic mass is 10.0. The molecule has 1 aromatic heterocycles. The van der Waals surface area contributed by atoms with E-state index < -0.39 is 71.4 Å². The highest BCUT2D eigenvalue weighted by Crippen LogP contribution is 2.40. The predicted molar refractivity (Wildman–Crippen MR) is 139 cm³/mol. The van der Waals surface area contributed by atoms with Gasteiger partial charge in [-0.05, 0) is 27.7 Å². The summed E-state index contributed by atoms with van der Waals surface area (Å²) in [6.07, 6.45) is -1.24. The van der Waals surface area contributed by atoms with E-state index in [0.29, 0.717) is 0 Å². The SMILES string of the molecule is CON=C(C(=O)N[C@@H]1C(=O)N2C(C(=O)O)=C(COC(=O)CC(C)=O)CS[C@@H]12)c1nsc(NC(=O)OC(C)(C)C)n1. The van der Waals surface area contributed by atoms with E-state index in [9.17, 15) is 33.9 Å². The molecule has 1 saturated heterocycles. The number of esters is 1. The second kappa shape index (κ2) is 12.4. The molecule has 16 nitrogen and oxygen atoms in total. The van der Waals surface area contributed by atoms with Crippen molar-refractivity contribution in [2.24, 2.45) is 5.16 Å². The Hall–Kier alpha value is -4.06. The second-order valence-corrected chi connectivity index (χ2v) is 11.2. The maximum absolute atomic E-state index is 13.0. The zero-order valence-electron chi connectivity index (χ0n) is 22.0. The fourth-order valence-electron chi connectivity index (χ4n) is 3.46. The Morgan fingerprint density at radius 3 is 2.52 bits per heavy atom. The standard InChI is InChI=1S/C22H26N6O10S2/c1-9(29)6-11(30)37-7-10-8-39-18-13(17(32)28(18)14(10)19(33)34)23-16(31)12(26-36-5)15-24-20(40-27-15)25-21(35)38-22(2,3)4/h13,18H,6-8H2,1-5H3,(H,23,31)(H,33,34)(H,24,25,27,35)/t13-,18+/m1/s1. The number of hydrogen-bond donors (Lipinski definition) is 3. The molecule has 0 radical (unpaired) electrons. The number of oxime groups is 1. The third-order valence-corrected chi connectivity index (χ3v) is 6.95. The van der Waals surface area contributed by atoms with E-state index in [4.69, 9.17) is 14.3 Å². The lowest BCUT2D eigenvalue weighted by molar-refractivity contribution is -0.150. The summed E-state index contributed by atoms with van der Waals surface area (Å²) in [5.74, 6) is -4.36. The third kappa shape index (κ3) is 7.32. The van der Waals surface area contributed by atoms with Crippen LogP contribution in [0.5, 0.6) is 0 Å². The van der Waals surface area contributed by atoms with Crippen LogP contribution in [0.25, 0.3) is 0 Å². The van der Waals surface area contributed by atoms with Crippen molar-refractivity contribution in [3.8, 4) is 0 Å². The number of ether oxygens (including phenoxy) is 2. The molecule has 40 heavy (non-hydrogen) atoms. The first-order valence-electron chi connectivity index (χ1n) is 11.5. The average molecular weight is 599 g/mol. The normalized spacial score (nSPS) is 18.8. The molecule has 2 aliphatic heterocycles. The molecule has 0 unspecified atom stereocenters. The first-order chi connectivity index (χ1) is 18.7. The zero-order valence-corrected chi connectivity index (χ0v) is 23.6. The summed E-state index contributed by atoms with van der Waals surface area (Å²) in [6.45, 7) is 5.85. The van der Waals surface area contributed by atoms with E-state index in [0.717, 1.165) is 28.2 Å². The Morgan fingerprint density at radius 2 is 1.93 bits per heavy atom. The minimum atomic E-state index is -1.42.